The van der Waals surface area contributed by atoms with Crippen molar-refractivity contribution in [3.05, 3.63) is 82.1 Å². The number of aromatic nitrogens is 2. The van der Waals surface area contributed by atoms with Crippen LogP contribution in [0.5, 0.6) is 0 Å². The monoisotopic (exact) mass is 384 g/mol. The largest absolute Gasteiger partial charge is 0.377 e. The number of carbonyl (C=O) groups is 1. The first-order valence-electron chi connectivity index (χ1n) is 8.11. The third-order valence-electron chi connectivity index (χ3n) is 4.33. The number of halogens is 2. The summed E-state index contributed by atoms with van der Waals surface area (Å²) in [7, 11) is 0. The van der Waals surface area contributed by atoms with E-state index in [1.165, 1.54) is 12.3 Å². The van der Waals surface area contributed by atoms with Gasteiger partial charge in [0.2, 0.25) is 0 Å². The number of imidazole rings is 1. The van der Waals surface area contributed by atoms with Crippen LogP contribution in [0.1, 0.15) is 28.7 Å². The zero-order chi connectivity index (χ0) is 19.1. The number of nitrogens with zero attached hydrogens (tertiary/aromatic N) is 3. The Morgan fingerprint density at radius 1 is 1.26 bits per heavy atom. The maximum Gasteiger partial charge on any atom is 0.252 e. The Morgan fingerprint density at radius 3 is 2.78 bits per heavy atom. The highest BCUT2D eigenvalue weighted by molar-refractivity contribution is 6.31. The van der Waals surface area contributed by atoms with Crippen molar-refractivity contribution in [3.8, 4) is 5.69 Å². The van der Waals surface area contributed by atoms with Crippen molar-refractivity contribution in [1.29, 1.82) is 0 Å². The van der Waals surface area contributed by atoms with Crippen molar-refractivity contribution in [2.45, 2.75) is 12.6 Å². The number of rotatable bonds is 3. The molecule has 1 amide bonds. The topological polar surface area (TPSA) is 93.5 Å². The van der Waals surface area contributed by atoms with Gasteiger partial charge < -0.3 is 15.4 Å². The zero-order valence-electron chi connectivity index (χ0n) is 13.9. The summed E-state index contributed by atoms with van der Waals surface area (Å²) in [5.41, 5.74) is 7.36. The molecule has 8 heteroatoms. The van der Waals surface area contributed by atoms with Gasteiger partial charge in [-0.05, 0) is 30.3 Å². The highest BCUT2D eigenvalue weighted by Gasteiger charge is 2.25. The predicted octanol–water partition coefficient (Wildman–Crippen LogP) is 2.53. The fourth-order valence-corrected chi connectivity index (χ4v) is 3.23. The van der Waals surface area contributed by atoms with E-state index in [4.69, 9.17) is 17.3 Å². The van der Waals surface area contributed by atoms with Crippen LogP contribution in [0.25, 0.3) is 5.69 Å². The lowest BCUT2D eigenvalue weighted by Crippen LogP contribution is -2.21. The van der Waals surface area contributed by atoms with Crippen LogP contribution in [-0.2, 0) is 11.3 Å². The van der Waals surface area contributed by atoms with Crippen LogP contribution in [0.3, 0.4) is 0 Å². The summed E-state index contributed by atoms with van der Waals surface area (Å²) in [6.45, 7) is 0.126. The minimum atomic E-state index is -1.52. The zero-order valence-corrected chi connectivity index (χ0v) is 14.7. The maximum absolute atomic E-state index is 14.4. The molecule has 4 rings (SSSR count). The van der Waals surface area contributed by atoms with E-state index in [0.29, 0.717) is 33.4 Å². The molecule has 136 valence electrons. The van der Waals surface area contributed by atoms with Gasteiger partial charge >= 0.3 is 0 Å². The second-order valence-electron chi connectivity index (χ2n) is 6.06. The number of aliphatic imine (C=N–C) groups is 1. The standard InChI is InChI=1S/C19H14ClFN4O2/c20-10-5-6-15-12(7-10)17(11-3-1-2-4-13(11)21)23-8-16-24-14(9-25(15)16)18(26)19(22)27/h1-7,9,18,26H,8H2,(H2,22,27)/t18-/m1/s1. The van der Waals surface area contributed by atoms with Gasteiger partial charge in [-0.2, -0.15) is 0 Å². The number of hydrogen-bond acceptors (Lipinski definition) is 4. The molecule has 1 aliphatic heterocycles. The van der Waals surface area contributed by atoms with Gasteiger partial charge in [0.15, 0.2) is 6.10 Å². The normalized spacial score (nSPS) is 14.0. The van der Waals surface area contributed by atoms with Crippen molar-refractivity contribution in [3.63, 3.8) is 0 Å². The van der Waals surface area contributed by atoms with Crippen molar-refractivity contribution >= 4 is 23.2 Å². The average molecular weight is 385 g/mol. The lowest BCUT2D eigenvalue weighted by Gasteiger charge is -2.12. The van der Waals surface area contributed by atoms with Crippen molar-refractivity contribution in [2.24, 2.45) is 10.7 Å². The first-order valence-corrected chi connectivity index (χ1v) is 8.48. The van der Waals surface area contributed by atoms with Gasteiger partial charge in [0.25, 0.3) is 5.91 Å². The quantitative estimate of drug-likeness (QED) is 0.726. The maximum atomic E-state index is 14.4. The van der Waals surface area contributed by atoms with E-state index < -0.39 is 17.8 Å². The van der Waals surface area contributed by atoms with E-state index in [0.717, 1.165) is 0 Å². The number of carbonyl (C=O) groups excluding carboxylic acids is 1. The number of amides is 1. The van der Waals surface area contributed by atoms with Crippen molar-refractivity contribution < 1.29 is 14.3 Å². The van der Waals surface area contributed by atoms with E-state index in [2.05, 4.69) is 9.98 Å². The van der Waals surface area contributed by atoms with Crippen molar-refractivity contribution in [2.75, 3.05) is 0 Å². The van der Waals surface area contributed by atoms with Crippen LogP contribution in [0, 0.1) is 5.82 Å². The summed E-state index contributed by atoms with van der Waals surface area (Å²) >= 11 is 6.17. The molecule has 0 aliphatic carbocycles. The van der Waals surface area contributed by atoms with Crippen LogP contribution >= 0.6 is 11.6 Å². The van der Waals surface area contributed by atoms with E-state index >= 15 is 0 Å². The molecule has 2 aromatic carbocycles. The Bertz CT molecular complexity index is 1090. The number of nitrogens with two attached hydrogens (primary N) is 1. The SMILES string of the molecule is NC(=O)[C@H](O)c1cn2c(n1)CN=C(c1ccccc1F)c1cc(Cl)ccc1-2. The molecule has 27 heavy (non-hydrogen) atoms. The molecule has 0 spiro atoms. The molecule has 0 unspecified atom stereocenters. The van der Waals surface area contributed by atoms with Crippen LogP contribution in [-0.4, -0.2) is 26.3 Å². The lowest BCUT2D eigenvalue weighted by atomic mass is 10.00. The molecule has 2 heterocycles. The molecule has 3 aromatic rings. The van der Waals surface area contributed by atoms with Gasteiger partial charge in [0.05, 0.1) is 23.6 Å². The fraction of sp³-hybridized carbons (Fsp3) is 0.105. The third kappa shape index (κ3) is 3.01. The van der Waals surface area contributed by atoms with Crippen LogP contribution in [0.4, 0.5) is 4.39 Å². The molecule has 1 aromatic heterocycles. The fourth-order valence-electron chi connectivity index (χ4n) is 3.06. The number of primary amides is 1. The van der Waals surface area contributed by atoms with Gasteiger partial charge in [0.1, 0.15) is 11.6 Å². The Kier molecular flexibility index (Phi) is 4.25. The van der Waals surface area contributed by atoms with E-state index in [1.807, 2.05) is 0 Å². The Balaban J connectivity index is 1.92. The second-order valence-corrected chi connectivity index (χ2v) is 6.50. The van der Waals surface area contributed by atoms with Crippen LogP contribution in [0.15, 0.2) is 53.7 Å². The Hall–Kier alpha value is -3.03. The van der Waals surface area contributed by atoms with Gasteiger partial charge in [-0.15, -0.1) is 0 Å². The van der Waals surface area contributed by atoms with Crippen LogP contribution < -0.4 is 5.73 Å². The smallest absolute Gasteiger partial charge is 0.252 e. The van der Waals surface area contributed by atoms with Gasteiger partial charge in [0, 0.05) is 22.3 Å². The summed E-state index contributed by atoms with van der Waals surface area (Å²) in [6.07, 6.45) is 0.00677. The minimum absolute atomic E-state index is 0.126. The van der Waals surface area contributed by atoms with Gasteiger partial charge in [-0.25, -0.2) is 9.37 Å². The average Bonchev–Trinajstić information content (AvgIpc) is 3.00. The molecule has 0 saturated heterocycles. The molecular formula is C19H14ClFN4O2. The summed E-state index contributed by atoms with van der Waals surface area (Å²) in [5, 5.41) is 10.4. The summed E-state index contributed by atoms with van der Waals surface area (Å²) in [4.78, 5) is 20.1. The molecule has 0 saturated carbocycles. The van der Waals surface area contributed by atoms with Crippen molar-refractivity contribution in [1.82, 2.24) is 9.55 Å². The Morgan fingerprint density at radius 2 is 2.04 bits per heavy atom. The van der Waals surface area contributed by atoms with E-state index in [9.17, 15) is 14.3 Å². The minimum Gasteiger partial charge on any atom is -0.377 e. The molecule has 0 fully saturated rings. The summed E-state index contributed by atoms with van der Waals surface area (Å²) in [5.74, 6) is -0.804. The Labute approximate surface area is 158 Å². The third-order valence-corrected chi connectivity index (χ3v) is 4.56. The lowest BCUT2D eigenvalue weighted by molar-refractivity contribution is -0.126. The highest BCUT2D eigenvalue weighted by Crippen LogP contribution is 2.29. The first kappa shape index (κ1) is 17.4. The van der Waals surface area contributed by atoms with Crippen LogP contribution in [0.2, 0.25) is 5.02 Å². The molecule has 0 bridgehead atoms. The van der Waals surface area contributed by atoms with E-state index in [-0.39, 0.29) is 12.2 Å². The summed E-state index contributed by atoms with van der Waals surface area (Å²) in [6, 6.07) is 11.5. The second kappa shape index (κ2) is 6.61. The van der Waals surface area contributed by atoms with E-state index in [1.54, 1.807) is 41.0 Å². The first-order chi connectivity index (χ1) is 13.0. The number of fused-ring (bicyclic) bond motifs is 3. The molecule has 3 N–H and O–H groups in total. The molecule has 1 atom stereocenters. The molecular weight excluding hydrogens is 371 g/mol. The number of aliphatic hydroxyl groups excluding tert-OH is 1. The number of aliphatic hydroxyl groups is 1. The number of benzene rings is 2. The molecule has 0 radical (unpaired) electrons. The summed E-state index contributed by atoms with van der Waals surface area (Å²) < 4.78 is 16.1. The predicted molar refractivity (Wildman–Crippen MR) is 98.5 cm³/mol. The van der Waals surface area contributed by atoms with Gasteiger partial charge in [-0.1, -0.05) is 23.7 Å². The molecule has 6 nitrogen and oxygen atoms in total. The highest BCUT2D eigenvalue weighted by atomic mass is 35.5. The number of hydrogen-bond donors (Lipinski definition) is 2. The molecule has 1 aliphatic rings. The van der Waals surface area contributed by atoms with Gasteiger partial charge in [-0.3, -0.25) is 9.79 Å².